The molecule has 0 amide bonds. The topological polar surface area (TPSA) is 73.1 Å². The first-order chi connectivity index (χ1) is 9.12. The molecule has 2 heterocycles. The second kappa shape index (κ2) is 5.23. The molecule has 5 nitrogen and oxygen atoms in total. The van der Waals surface area contributed by atoms with E-state index in [4.69, 9.17) is 4.52 Å². The fourth-order valence-corrected chi connectivity index (χ4v) is 5.02. The van der Waals surface area contributed by atoms with Crippen LogP contribution in [0.3, 0.4) is 0 Å². The highest BCUT2D eigenvalue weighted by atomic mass is 32.2. The molecule has 6 heteroatoms. The van der Waals surface area contributed by atoms with Gasteiger partial charge in [0.05, 0.1) is 11.5 Å². The zero-order chi connectivity index (χ0) is 13.3. The maximum Gasteiger partial charge on any atom is 0.226 e. The molecule has 1 atom stereocenters. The maximum atomic E-state index is 11.4. The molecule has 1 aromatic rings. The summed E-state index contributed by atoms with van der Waals surface area (Å²) in [5.74, 6) is 2.62. The second-order valence-electron chi connectivity index (χ2n) is 5.85. The van der Waals surface area contributed by atoms with Crippen molar-refractivity contribution in [2.45, 2.75) is 50.9 Å². The Morgan fingerprint density at radius 2 is 1.95 bits per heavy atom. The molecule has 0 N–H and O–H groups in total. The Morgan fingerprint density at radius 1 is 1.16 bits per heavy atom. The van der Waals surface area contributed by atoms with Crippen molar-refractivity contribution in [1.29, 1.82) is 0 Å². The quantitative estimate of drug-likeness (QED) is 0.849. The third-order valence-electron chi connectivity index (χ3n) is 4.24. The van der Waals surface area contributed by atoms with Gasteiger partial charge in [-0.15, -0.1) is 0 Å². The summed E-state index contributed by atoms with van der Waals surface area (Å²) in [7, 11) is -2.82. The molecule has 2 fully saturated rings. The number of sulfone groups is 1. The molecule has 0 spiro atoms. The predicted molar refractivity (Wildman–Crippen MR) is 70.6 cm³/mol. The Labute approximate surface area is 113 Å². The van der Waals surface area contributed by atoms with Crippen molar-refractivity contribution in [2.75, 3.05) is 11.5 Å². The van der Waals surface area contributed by atoms with E-state index in [9.17, 15) is 8.42 Å². The van der Waals surface area contributed by atoms with Gasteiger partial charge in [0.15, 0.2) is 15.7 Å². The van der Waals surface area contributed by atoms with Crippen molar-refractivity contribution in [2.24, 2.45) is 5.92 Å². The van der Waals surface area contributed by atoms with Crippen LogP contribution in [0.5, 0.6) is 0 Å². The first kappa shape index (κ1) is 13.1. The van der Waals surface area contributed by atoms with Gasteiger partial charge in [0.2, 0.25) is 5.89 Å². The summed E-state index contributed by atoms with van der Waals surface area (Å²) in [6.07, 6.45) is 7.43. The average molecular weight is 284 g/mol. The smallest absolute Gasteiger partial charge is 0.226 e. The third kappa shape index (κ3) is 3.16. The lowest BCUT2D eigenvalue weighted by Crippen LogP contribution is -2.08. The minimum Gasteiger partial charge on any atom is -0.339 e. The van der Waals surface area contributed by atoms with Gasteiger partial charge in [-0.25, -0.2) is 8.42 Å². The molecule has 0 unspecified atom stereocenters. The molecule has 1 saturated heterocycles. The monoisotopic (exact) mass is 284 g/mol. The Hall–Kier alpha value is -0.910. The second-order valence-corrected chi connectivity index (χ2v) is 8.08. The number of hydrogen-bond acceptors (Lipinski definition) is 5. The molecule has 3 rings (SSSR count). The first-order valence-corrected chi connectivity index (χ1v) is 8.97. The molecule has 1 aliphatic carbocycles. The Bertz CT molecular complexity index is 532. The maximum absolute atomic E-state index is 11.4. The van der Waals surface area contributed by atoms with Crippen LogP contribution in [0.4, 0.5) is 0 Å². The highest BCUT2D eigenvalue weighted by Gasteiger charge is 2.30. The molecule has 106 valence electrons. The van der Waals surface area contributed by atoms with E-state index in [0.29, 0.717) is 24.0 Å². The van der Waals surface area contributed by atoms with Gasteiger partial charge < -0.3 is 4.52 Å². The zero-order valence-electron chi connectivity index (χ0n) is 11.0. The van der Waals surface area contributed by atoms with Gasteiger partial charge in [0, 0.05) is 12.3 Å². The van der Waals surface area contributed by atoms with Crippen LogP contribution in [0.25, 0.3) is 0 Å². The highest BCUT2D eigenvalue weighted by molar-refractivity contribution is 7.91. The minimum absolute atomic E-state index is 0.157. The number of aromatic nitrogens is 2. The Kier molecular flexibility index (Phi) is 3.60. The van der Waals surface area contributed by atoms with Crippen LogP contribution < -0.4 is 0 Å². The van der Waals surface area contributed by atoms with Gasteiger partial charge in [-0.3, -0.25) is 0 Å². The number of hydrogen-bond donors (Lipinski definition) is 0. The van der Waals surface area contributed by atoms with E-state index in [-0.39, 0.29) is 11.7 Å². The van der Waals surface area contributed by atoms with Gasteiger partial charge in [0.1, 0.15) is 0 Å². The van der Waals surface area contributed by atoms with Crippen LogP contribution >= 0.6 is 0 Å². The molecule has 1 aromatic heterocycles. The molecule has 19 heavy (non-hydrogen) atoms. The average Bonchev–Trinajstić information content (AvgIpc) is 2.98. The minimum atomic E-state index is -2.82. The van der Waals surface area contributed by atoms with Crippen LogP contribution in [-0.2, 0) is 16.3 Å². The summed E-state index contributed by atoms with van der Waals surface area (Å²) in [5.41, 5.74) is 0. The van der Waals surface area contributed by atoms with E-state index in [0.717, 1.165) is 25.1 Å². The van der Waals surface area contributed by atoms with Crippen molar-refractivity contribution in [1.82, 2.24) is 10.1 Å². The van der Waals surface area contributed by atoms with E-state index in [2.05, 4.69) is 10.1 Å². The first-order valence-electron chi connectivity index (χ1n) is 7.15. The van der Waals surface area contributed by atoms with Crippen molar-refractivity contribution in [3.8, 4) is 0 Å². The lowest BCUT2D eigenvalue weighted by molar-refractivity contribution is 0.345. The predicted octanol–water partition coefficient (Wildman–Crippen LogP) is 2.09. The Balaban J connectivity index is 1.62. The number of nitrogens with zero attached hydrogens (tertiary/aromatic N) is 2. The van der Waals surface area contributed by atoms with E-state index >= 15 is 0 Å². The van der Waals surface area contributed by atoms with E-state index in [1.807, 2.05) is 0 Å². The molecular formula is C13H20N2O3S. The molecule has 1 aliphatic heterocycles. The summed E-state index contributed by atoms with van der Waals surface area (Å²) >= 11 is 0. The van der Waals surface area contributed by atoms with Crippen LogP contribution in [0.1, 0.15) is 56.2 Å². The van der Waals surface area contributed by atoms with Crippen molar-refractivity contribution in [3.63, 3.8) is 0 Å². The van der Waals surface area contributed by atoms with Crippen molar-refractivity contribution < 1.29 is 12.9 Å². The lowest BCUT2D eigenvalue weighted by atomic mass is 9.89. The molecule has 2 aliphatic rings. The number of rotatable bonds is 3. The van der Waals surface area contributed by atoms with Crippen molar-refractivity contribution in [3.05, 3.63) is 11.7 Å². The van der Waals surface area contributed by atoms with Gasteiger partial charge in [0.25, 0.3) is 0 Å². The fraction of sp³-hybridized carbons (Fsp3) is 0.846. The summed E-state index contributed by atoms with van der Waals surface area (Å²) in [4.78, 5) is 4.47. The SMILES string of the molecule is O=S1(=O)CC[C@H](Cc2nc(C3CCCCC3)no2)C1. The summed E-state index contributed by atoms with van der Waals surface area (Å²) in [6, 6.07) is 0. The lowest BCUT2D eigenvalue weighted by Gasteiger charge is -2.17. The summed E-state index contributed by atoms with van der Waals surface area (Å²) < 4.78 is 28.1. The van der Waals surface area contributed by atoms with Gasteiger partial charge in [-0.1, -0.05) is 24.4 Å². The molecule has 1 saturated carbocycles. The van der Waals surface area contributed by atoms with Gasteiger partial charge >= 0.3 is 0 Å². The van der Waals surface area contributed by atoms with Gasteiger partial charge in [-0.05, 0) is 25.2 Å². The zero-order valence-corrected chi connectivity index (χ0v) is 11.9. The van der Waals surface area contributed by atoms with E-state index in [1.54, 1.807) is 0 Å². The molecule has 0 aromatic carbocycles. The van der Waals surface area contributed by atoms with Crippen LogP contribution in [-0.4, -0.2) is 30.1 Å². The van der Waals surface area contributed by atoms with Crippen LogP contribution in [0, 0.1) is 5.92 Å². The van der Waals surface area contributed by atoms with Gasteiger partial charge in [-0.2, -0.15) is 4.98 Å². The highest BCUT2D eigenvalue weighted by Crippen LogP contribution is 2.31. The van der Waals surface area contributed by atoms with Crippen molar-refractivity contribution >= 4 is 9.84 Å². The fourth-order valence-electron chi connectivity index (χ4n) is 3.16. The third-order valence-corrected chi connectivity index (χ3v) is 6.08. The van der Waals surface area contributed by atoms with Crippen LogP contribution in [0.15, 0.2) is 4.52 Å². The largest absolute Gasteiger partial charge is 0.339 e. The summed E-state index contributed by atoms with van der Waals surface area (Å²) in [5, 5.41) is 4.08. The molecular weight excluding hydrogens is 264 g/mol. The Morgan fingerprint density at radius 3 is 2.63 bits per heavy atom. The standard InChI is InChI=1S/C13H20N2O3S/c16-19(17)7-6-10(9-19)8-12-14-13(15-18-12)11-4-2-1-3-5-11/h10-11H,1-9H2/t10-/m1/s1. The van der Waals surface area contributed by atoms with E-state index < -0.39 is 9.84 Å². The molecule has 0 bridgehead atoms. The normalized spacial score (nSPS) is 27.7. The molecule has 0 radical (unpaired) electrons. The van der Waals surface area contributed by atoms with E-state index in [1.165, 1.54) is 19.3 Å². The summed E-state index contributed by atoms with van der Waals surface area (Å²) in [6.45, 7) is 0. The van der Waals surface area contributed by atoms with Crippen LogP contribution in [0.2, 0.25) is 0 Å².